The first-order valence-electron chi connectivity index (χ1n) is 6.45. The Morgan fingerprint density at radius 3 is 2.28 bits per heavy atom. The van der Waals surface area contributed by atoms with Gasteiger partial charge in [0.1, 0.15) is 0 Å². The monoisotopic (exact) mass is 258 g/mol. The average molecular weight is 258 g/mol. The largest absolute Gasteiger partial charge is 0.396 e. The van der Waals surface area contributed by atoms with E-state index in [4.69, 9.17) is 5.11 Å². The van der Waals surface area contributed by atoms with Crippen LogP contribution in [0.3, 0.4) is 0 Å². The minimum atomic E-state index is -0.211. The van der Waals surface area contributed by atoms with Crippen LogP contribution in [0.15, 0.2) is 0 Å². The lowest BCUT2D eigenvalue weighted by Crippen LogP contribution is -2.42. The number of hydrogen-bond donors (Lipinski definition) is 3. The molecule has 106 valence electrons. The van der Waals surface area contributed by atoms with Gasteiger partial charge in [-0.05, 0) is 18.3 Å². The van der Waals surface area contributed by atoms with E-state index in [1.165, 1.54) is 0 Å². The molecule has 18 heavy (non-hydrogen) atoms. The van der Waals surface area contributed by atoms with Crippen LogP contribution in [0, 0.1) is 5.41 Å². The van der Waals surface area contributed by atoms with Gasteiger partial charge in [-0.15, -0.1) is 0 Å². The summed E-state index contributed by atoms with van der Waals surface area (Å²) in [5.41, 5.74) is -0.0800. The molecule has 0 aliphatic heterocycles. The molecule has 0 aromatic heterocycles. The van der Waals surface area contributed by atoms with Crippen LogP contribution >= 0.6 is 0 Å². The standard InChI is InChI=1S/C13H26N2O3/c1-5-10(6-7-16)15-12(18)9-14-11(17)8-13(2,3)4/h10,16H,5-9H2,1-4H3,(H,14,17)(H,15,18). The zero-order valence-corrected chi connectivity index (χ0v) is 11.9. The van der Waals surface area contributed by atoms with E-state index in [-0.39, 0.29) is 36.4 Å². The van der Waals surface area contributed by atoms with Gasteiger partial charge in [-0.25, -0.2) is 0 Å². The first kappa shape index (κ1) is 16.9. The number of rotatable bonds is 7. The third kappa shape index (κ3) is 8.98. The van der Waals surface area contributed by atoms with Crippen LogP contribution in [0.4, 0.5) is 0 Å². The van der Waals surface area contributed by atoms with Crippen molar-refractivity contribution >= 4 is 11.8 Å². The first-order chi connectivity index (χ1) is 8.28. The summed E-state index contributed by atoms with van der Waals surface area (Å²) in [6.45, 7) is 7.91. The summed E-state index contributed by atoms with van der Waals surface area (Å²) in [5, 5.41) is 14.2. The van der Waals surface area contributed by atoms with E-state index < -0.39 is 0 Å². The maximum Gasteiger partial charge on any atom is 0.239 e. The number of carbonyl (C=O) groups excluding carboxylic acids is 2. The third-order valence-electron chi connectivity index (χ3n) is 2.47. The number of amides is 2. The second-order valence-corrected chi connectivity index (χ2v) is 5.70. The molecular weight excluding hydrogens is 232 g/mol. The van der Waals surface area contributed by atoms with Crippen molar-refractivity contribution in [1.29, 1.82) is 0 Å². The highest BCUT2D eigenvalue weighted by Crippen LogP contribution is 2.17. The molecule has 5 nitrogen and oxygen atoms in total. The summed E-state index contributed by atoms with van der Waals surface area (Å²) in [6, 6.07) is -0.0259. The Morgan fingerprint density at radius 2 is 1.83 bits per heavy atom. The molecule has 0 aliphatic rings. The van der Waals surface area contributed by atoms with Crippen molar-refractivity contribution in [3.05, 3.63) is 0 Å². The summed E-state index contributed by atoms with van der Waals surface area (Å²) in [4.78, 5) is 23.1. The SMILES string of the molecule is CCC(CCO)NC(=O)CNC(=O)CC(C)(C)C. The van der Waals surface area contributed by atoms with Gasteiger partial charge in [0.25, 0.3) is 0 Å². The lowest BCUT2D eigenvalue weighted by molar-refractivity contribution is -0.127. The van der Waals surface area contributed by atoms with Gasteiger partial charge >= 0.3 is 0 Å². The van der Waals surface area contributed by atoms with Crippen LogP contribution in [0.25, 0.3) is 0 Å². The van der Waals surface area contributed by atoms with Crippen LogP contribution in [0.2, 0.25) is 0 Å². The van der Waals surface area contributed by atoms with Crippen molar-refractivity contribution in [3.8, 4) is 0 Å². The van der Waals surface area contributed by atoms with Crippen LogP contribution in [0.1, 0.15) is 47.0 Å². The van der Waals surface area contributed by atoms with Gasteiger partial charge in [-0.3, -0.25) is 9.59 Å². The summed E-state index contributed by atoms with van der Waals surface area (Å²) in [7, 11) is 0. The van der Waals surface area contributed by atoms with Gasteiger partial charge < -0.3 is 15.7 Å². The van der Waals surface area contributed by atoms with Crippen molar-refractivity contribution in [2.75, 3.05) is 13.2 Å². The molecule has 0 fully saturated rings. The van der Waals surface area contributed by atoms with Crippen molar-refractivity contribution in [2.24, 2.45) is 5.41 Å². The fraction of sp³-hybridized carbons (Fsp3) is 0.846. The third-order valence-corrected chi connectivity index (χ3v) is 2.47. The maximum atomic E-state index is 11.5. The van der Waals surface area contributed by atoms with E-state index in [2.05, 4.69) is 10.6 Å². The predicted octanol–water partition coefficient (Wildman–Crippen LogP) is 0.816. The highest BCUT2D eigenvalue weighted by Gasteiger charge is 2.16. The van der Waals surface area contributed by atoms with Gasteiger partial charge in [0, 0.05) is 19.1 Å². The summed E-state index contributed by atoms with van der Waals surface area (Å²) in [5.74, 6) is -0.328. The fourth-order valence-electron chi connectivity index (χ4n) is 1.54. The van der Waals surface area contributed by atoms with E-state index in [1.807, 2.05) is 27.7 Å². The second kappa shape index (κ2) is 8.08. The van der Waals surface area contributed by atoms with Gasteiger partial charge in [0.15, 0.2) is 0 Å². The van der Waals surface area contributed by atoms with E-state index in [0.717, 1.165) is 6.42 Å². The smallest absolute Gasteiger partial charge is 0.239 e. The Morgan fingerprint density at radius 1 is 1.22 bits per heavy atom. The van der Waals surface area contributed by atoms with Crippen molar-refractivity contribution < 1.29 is 14.7 Å². The molecular formula is C13H26N2O3. The highest BCUT2D eigenvalue weighted by molar-refractivity contribution is 5.85. The number of aliphatic hydroxyl groups excluding tert-OH is 1. The number of aliphatic hydroxyl groups is 1. The summed E-state index contributed by atoms with van der Waals surface area (Å²) >= 11 is 0. The normalized spacial score (nSPS) is 12.9. The lowest BCUT2D eigenvalue weighted by atomic mass is 9.92. The molecule has 0 aromatic carbocycles. The predicted molar refractivity (Wildman–Crippen MR) is 71.0 cm³/mol. The van der Waals surface area contributed by atoms with Gasteiger partial charge in [-0.1, -0.05) is 27.7 Å². The first-order valence-corrected chi connectivity index (χ1v) is 6.45. The van der Waals surface area contributed by atoms with E-state index in [9.17, 15) is 9.59 Å². The molecule has 0 saturated heterocycles. The Balaban J connectivity index is 3.92. The Labute approximate surface area is 109 Å². The topological polar surface area (TPSA) is 78.4 Å². The van der Waals surface area contributed by atoms with Crippen molar-refractivity contribution in [2.45, 2.75) is 53.0 Å². The summed E-state index contributed by atoms with van der Waals surface area (Å²) < 4.78 is 0. The highest BCUT2D eigenvalue weighted by atomic mass is 16.3. The second-order valence-electron chi connectivity index (χ2n) is 5.70. The molecule has 0 saturated carbocycles. The minimum absolute atomic E-state index is 0.00313. The molecule has 0 rings (SSSR count). The molecule has 0 aliphatic carbocycles. The number of carbonyl (C=O) groups is 2. The molecule has 0 bridgehead atoms. The van der Waals surface area contributed by atoms with E-state index in [0.29, 0.717) is 12.8 Å². The summed E-state index contributed by atoms with van der Waals surface area (Å²) in [6.07, 6.45) is 1.70. The molecule has 0 heterocycles. The quantitative estimate of drug-likeness (QED) is 0.632. The lowest BCUT2D eigenvalue weighted by Gasteiger charge is -2.18. The molecule has 5 heteroatoms. The van der Waals surface area contributed by atoms with Crippen molar-refractivity contribution in [1.82, 2.24) is 10.6 Å². The molecule has 2 amide bonds. The van der Waals surface area contributed by atoms with Gasteiger partial charge in [0.2, 0.25) is 11.8 Å². The Bertz CT molecular complexity index is 272. The average Bonchev–Trinajstić information content (AvgIpc) is 2.23. The van der Waals surface area contributed by atoms with Crippen LogP contribution in [0.5, 0.6) is 0 Å². The van der Waals surface area contributed by atoms with Gasteiger partial charge in [0.05, 0.1) is 6.54 Å². The van der Waals surface area contributed by atoms with Crippen molar-refractivity contribution in [3.63, 3.8) is 0 Å². The van der Waals surface area contributed by atoms with E-state index >= 15 is 0 Å². The number of nitrogens with one attached hydrogen (secondary N) is 2. The van der Waals surface area contributed by atoms with Crippen LogP contribution in [-0.4, -0.2) is 36.1 Å². The Kier molecular flexibility index (Phi) is 7.59. The fourth-order valence-corrected chi connectivity index (χ4v) is 1.54. The zero-order valence-electron chi connectivity index (χ0n) is 11.9. The van der Waals surface area contributed by atoms with Crippen LogP contribution in [-0.2, 0) is 9.59 Å². The van der Waals surface area contributed by atoms with E-state index in [1.54, 1.807) is 0 Å². The molecule has 0 spiro atoms. The minimum Gasteiger partial charge on any atom is -0.396 e. The number of hydrogen-bond acceptors (Lipinski definition) is 3. The molecule has 1 unspecified atom stereocenters. The zero-order chi connectivity index (χ0) is 14.2. The van der Waals surface area contributed by atoms with Gasteiger partial charge in [-0.2, -0.15) is 0 Å². The molecule has 0 aromatic rings. The Hall–Kier alpha value is -1.10. The molecule has 1 atom stereocenters. The molecule has 3 N–H and O–H groups in total. The molecule has 0 radical (unpaired) electrons. The van der Waals surface area contributed by atoms with Crippen LogP contribution < -0.4 is 10.6 Å². The maximum absolute atomic E-state index is 11.5.